The highest BCUT2D eigenvalue weighted by Crippen LogP contribution is 2.27. The van der Waals surface area contributed by atoms with E-state index in [0.717, 1.165) is 62.5 Å². The summed E-state index contributed by atoms with van der Waals surface area (Å²) >= 11 is 0. The molecule has 22 heavy (non-hydrogen) atoms. The zero-order valence-corrected chi connectivity index (χ0v) is 12.9. The molecule has 1 unspecified atom stereocenters. The first-order valence-corrected chi connectivity index (χ1v) is 8.15. The molecule has 2 saturated heterocycles. The molecular weight excluding hydrogens is 280 g/mol. The molecule has 2 aliphatic rings. The van der Waals surface area contributed by atoms with Gasteiger partial charge in [-0.3, -0.25) is 4.79 Å². The lowest BCUT2D eigenvalue weighted by Gasteiger charge is -2.19. The van der Waals surface area contributed by atoms with Crippen LogP contribution in [-0.4, -0.2) is 33.9 Å². The zero-order chi connectivity index (χ0) is 15.1. The third-order valence-corrected chi connectivity index (χ3v) is 4.98. The molecule has 2 aliphatic heterocycles. The summed E-state index contributed by atoms with van der Waals surface area (Å²) in [5, 5.41) is 8.04. The molecule has 0 saturated carbocycles. The molecule has 6 nitrogen and oxygen atoms in total. The van der Waals surface area contributed by atoms with Crippen LogP contribution in [0.4, 0.5) is 0 Å². The molecule has 118 valence electrons. The quantitative estimate of drug-likeness (QED) is 0.910. The second-order valence-electron chi connectivity index (χ2n) is 6.34. The highest BCUT2D eigenvalue weighted by Gasteiger charge is 2.23. The van der Waals surface area contributed by atoms with Gasteiger partial charge in [0.1, 0.15) is 5.65 Å². The number of nitrogens with one attached hydrogen (secondary N) is 1. The standard InChI is InChI=1S/C16H22N4O2/c1-19-14(12-3-2-6-17-12)10-16(21)20-15(19)9-13(18-20)11-4-7-22-8-5-11/h9-12,17H,2-8H2,1H3. The van der Waals surface area contributed by atoms with E-state index in [1.54, 1.807) is 10.6 Å². The van der Waals surface area contributed by atoms with Gasteiger partial charge in [-0.25, -0.2) is 0 Å². The highest BCUT2D eigenvalue weighted by atomic mass is 16.5. The summed E-state index contributed by atoms with van der Waals surface area (Å²) in [5.74, 6) is 0.404. The Morgan fingerprint density at radius 3 is 2.82 bits per heavy atom. The summed E-state index contributed by atoms with van der Waals surface area (Å²) in [6, 6.07) is 4.09. The van der Waals surface area contributed by atoms with Crippen LogP contribution in [0.3, 0.4) is 0 Å². The Hall–Kier alpha value is -1.66. The SMILES string of the molecule is Cn1c(C2CCCN2)cc(=O)n2nc(C3CCOCC3)cc12. The van der Waals surface area contributed by atoms with Crippen LogP contribution in [0.25, 0.3) is 5.65 Å². The van der Waals surface area contributed by atoms with Crippen molar-refractivity contribution in [2.75, 3.05) is 19.8 Å². The van der Waals surface area contributed by atoms with Gasteiger partial charge in [-0.1, -0.05) is 0 Å². The zero-order valence-electron chi connectivity index (χ0n) is 12.9. The second kappa shape index (κ2) is 5.52. The Kier molecular flexibility index (Phi) is 3.50. The first-order chi connectivity index (χ1) is 10.7. The number of rotatable bonds is 2. The monoisotopic (exact) mass is 302 g/mol. The van der Waals surface area contributed by atoms with Crippen LogP contribution in [0.1, 0.15) is 49.0 Å². The minimum atomic E-state index is -0.0323. The van der Waals surface area contributed by atoms with Crippen molar-refractivity contribution in [2.45, 2.75) is 37.6 Å². The molecule has 2 aromatic rings. The van der Waals surface area contributed by atoms with Crippen molar-refractivity contribution in [1.29, 1.82) is 0 Å². The number of ether oxygens (including phenoxy) is 1. The van der Waals surface area contributed by atoms with Crippen molar-refractivity contribution in [2.24, 2.45) is 7.05 Å². The predicted octanol–water partition coefficient (Wildman–Crippen LogP) is 1.35. The van der Waals surface area contributed by atoms with Crippen LogP contribution in [0.2, 0.25) is 0 Å². The van der Waals surface area contributed by atoms with Crippen LogP contribution in [0.15, 0.2) is 16.9 Å². The lowest BCUT2D eigenvalue weighted by molar-refractivity contribution is 0.0844. The highest BCUT2D eigenvalue weighted by molar-refractivity contribution is 5.43. The largest absolute Gasteiger partial charge is 0.381 e. The Labute approximate surface area is 129 Å². The van der Waals surface area contributed by atoms with E-state index < -0.39 is 0 Å². The topological polar surface area (TPSA) is 60.6 Å². The molecule has 0 aromatic carbocycles. The lowest BCUT2D eigenvalue weighted by Crippen LogP contribution is -2.24. The molecule has 0 amide bonds. The van der Waals surface area contributed by atoms with Gasteiger partial charge in [0.2, 0.25) is 0 Å². The van der Waals surface area contributed by atoms with Gasteiger partial charge in [-0.15, -0.1) is 0 Å². The smallest absolute Gasteiger partial charge is 0.274 e. The van der Waals surface area contributed by atoms with Crippen LogP contribution >= 0.6 is 0 Å². The fourth-order valence-electron chi connectivity index (χ4n) is 3.67. The van der Waals surface area contributed by atoms with Gasteiger partial charge in [0, 0.05) is 50.0 Å². The molecule has 0 radical (unpaired) electrons. The minimum absolute atomic E-state index is 0.0323. The van der Waals surface area contributed by atoms with Crippen molar-refractivity contribution in [3.8, 4) is 0 Å². The van der Waals surface area contributed by atoms with Crippen molar-refractivity contribution in [1.82, 2.24) is 19.5 Å². The lowest BCUT2D eigenvalue weighted by atomic mass is 9.97. The van der Waals surface area contributed by atoms with Crippen LogP contribution < -0.4 is 10.9 Å². The van der Waals surface area contributed by atoms with E-state index in [2.05, 4.69) is 21.0 Å². The summed E-state index contributed by atoms with van der Waals surface area (Å²) in [6.45, 7) is 2.59. The Bertz CT molecular complexity index is 736. The maximum Gasteiger partial charge on any atom is 0.274 e. The number of fused-ring (bicyclic) bond motifs is 1. The van der Waals surface area contributed by atoms with Crippen LogP contribution in [-0.2, 0) is 11.8 Å². The first-order valence-electron chi connectivity index (χ1n) is 8.15. The van der Waals surface area contributed by atoms with Crippen LogP contribution in [0, 0.1) is 0 Å². The number of nitrogens with zero attached hydrogens (tertiary/aromatic N) is 3. The number of hydrogen-bond acceptors (Lipinski definition) is 4. The van der Waals surface area contributed by atoms with Gasteiger partial charge in [0.15, 0.2) is 0 Å². The van der Waals surface area contributed by atoms with Gasteiger partial charge >= 0.3 is 0 Å². The summed E-state index contributed by atoms with van der Waals surface area (Å²) in [7, 11) is 2.03. The first kappa shape index (κ1) is 14.0. The van der Waals surface area contributed by atoms with Gasteiger partial charge in [0.25, 0.3) is 5.56 Å². The van der Waals surface area contributed by atoms with E-state index in [4.69, 9.17) is 4.74 Å². The van der Waals surface area contributed by atoms with E-state index in [1.165, 1.54) is 0 Å². The van der Waals surface area contributed by atoms with E-state index in [-0.39, 0.29) is 11.6 Å². The maximum absolute atomic E-state index is 12.4. The summed E-state index contributed by atoms with van der Waals surface area (Å²) in [4.78, 5) is 12.4. The molecule has 2 aromatic heterocycles. The molecule has 0 bridgehead atoms. The number of aryl methyl sites for hydroxylation is 1. The maximum atomic E-state index is 12.4. The van der Waals surface area contributed by atoms with Gasteiger partial charge < -0.3 is 14.6 Å². The third kappa shape index (κ3) is 2.27. The molecule has 1 atom stereocenters. The number of aromatic nitrogens is 3. The molecule has 6 heteroatoms. The molecule has 0 spiro atoms. The minimum Gasteiger partial charge on any atom is -0.381 e. The summed E-state index contributed by atoms with van der Waals surface area (Å²) in [6.07, 6.45) is 4.22. The van der Waals surface area contributed by atoms with Crippen molar-refractivity contribution >= 4 is 5.65 Å². The van der Waals surface area contributed by atoms with Gasteiger partial charge in [-0.05, 0) is 32.2 Å². The third-order valence-electron chi connectivity index (χ3n) is 4.98. The molecule has 4 rings (SSSR count). The van der Waals surface area contributed by atoms with Crippen molar-refractivity contribution in [3.63, 3.8) is 0 Å². The number of hydrogen-bond donors (Lipinski definition) is 1. The van der Waals surface area contributed by atoms with E-state index in [0.29, 0.717) is 5.92 Å². The Balaban J connectivity index is 1.79. The fourth-order valence-corrected chi connectivity index (χ4v) is 3.67. The van der Waals surface area contributed by atoms with E-state index in [1.807, 2.05) is 7.05 Å². The van der Waals surface area contributed by atoms with Gasteiger partial charge in [-0.2, -0.15) is 9.61 Å². The predicted molar refractivity (Wildman–Crippen MR) is 83.2 cm³/mol. The molecule has 2 fully saturated rings. The average Bonchev–Trinajstić information content (AvgIpc) is 3.21. The summed E-state index contributed by atoms with van der Waals surface area (Å²) < 4.78 is 9.08. The molecule has 0 aliphatic carbocycles. The molecular formula is C16H22N4O2. The van der Waals surface area contributed by atoms with Gasteiger partial charge in [0.05, 0.1) is 5.69 Å². The second-order valence-corrected chi connectivity index (χ2v) is 6.34. The Morgan fingerprint density at radius 1 is 1.27 bits per heavy atom. The Morgan fingerprint density at radius 2 is 2.09 bits per heavy atom. The molecule has 1 N–H and O–H groups in total. The van der Waals surface area contributed by atoms with Crippen molar-refractivity contribution in [3.05, 3.63) is 33.9 Å². The fraction of sp³-hybridized carbons (Fsp3) is 0.625. The average molecular weight is 302 g/mol. The summed E-state index contributed by atoms with van der Waals surface area (Å²) in [5.41, 5.74) is 2.94. The van der Waals surface area contributed by atoms with E-state index >= 15 is 0 Å². The molecule has 4 heterocycles. The van der Waals surface area contributed by atoms with E-state index in [9.17, 15) is 4.79 Å². The van der Waals surface area contributed by atoms with Crippen molar-refractivity contribution < 1.29 is 4.74 Å². The normalized spacial score (nSPS) is 23.4. The van der Waals surface area contributed by atoms with Crippen LogP contribution in [0.5, 0.6) is 0 Å².